The normalized spacial score (nSPS) is 23.8. The van der Waals surface area contributed by atoms with Crippen molar-refractivity contribution in [3.8, 4) is 11.5 Å². The van der Waals surface area contributed by atoms with Gasteiger partial charge in [-0.05, 0) is 44.0 Å². The molecule has 0 N–H and O–H groups in total. The van der Waals surface area contributed by atoms with Crippen molar-refractivity contribution in [1.82, 2.24) is 15.0 Å². The van der Waals surface area contributed by atoms with Crippen LogP contribution in [0.15, 0.2) is 28.8 Å². The summed E-state index contributed by atoms with van der Waals surface area (Å²) in [7, 11) is 0. The number of hydrogen-bond donors (Lipinski definition) is 0. The highest BCUT2D eigenvalue weighted by molar-refractivity contribution is 5.95. The summed E-state index contributed by atoms with van der Waals surface area (Å²) in [5.74, 6) is 1.16. The van der Waals surface area contributed by atoms with Crippen molar-refractivity contribution < 1.29 is 14.1 Å². The van der Waals surface area contributed by atoms with E-state index in [9.17, 15) is 4.79 Å². The molecule has 2 aliphatic rings. The Balaban J connectivity index is 1.53. The average molecular weight is 327 g/mol. The van der Waals surface area contributed by atoms with E-state index in [0.717, 1.165) is 18.4 Å². The van der Waals surface area contributed by atoms with Gasteiger partial charge in [0.25, 0.3) is 11.8 Å². The number of amides is 1. The van der Waals surface area contributed by atoms with E-state index >= 15 is 0 Å². The van der Waals surface area contributed by atoms with E-state index in [-0.39, 0.29) is 18.1 Å². The summed E-state index contributed by atoms with van der Waals surface area (Å²) in [6.45, 7) is 3.08. The number of benzene rings is 1. The number of carbonyl (C=O) groups excluding carboxylic acids is 1. The first-order valence-corrected chi connectivity index (χ1v) is 8.56. The topological polar surface area (TPSA) is 68.5 Å². The molecule has 1 aliphatic heterocycles. The van der Waals surface area contributed by atoms with E-state index in [1.54, 1.807) is 6.92 Å². The van der Waals surface area contributed by atoms with Crippen molar-refractivity contribution in [1.29, 1.82) is 0 Å². The predicted octanol–water partition coefficient (Wildman–Crippen LogP) is 2.83. The van der Waals surface area contributed by atoms with Crippen LogP contribution in [-0.4, -0.2) is 46.2 Å². The summed E-state index contributed by atoms with van der Waals surface area (Å²) < 4.78 is 11.0. The van der Waals surface area contributed by atoms with Crippen molar-refractivity contribution in [2.75, 3.05) is 13.2 Å². The van der Waals surface area contributed by atoms with Crippen LogP contribution in [0.25, 0.3) is 11.5 Å². The fourth-order valence-electron chi connectivity index (χ4n) is 3.68. The van der Waals surface area contributed by atoms with Gasteiger partial charge in [-0.3, -0.25) is 4.79 Å². The summed E-state index contributed by atoms with van der Waals surface area (Å²) >= 11 is 0. The van der Waals surface area contributed by atoms with Crippen molar-refractivity contribution in [2.45, 2.75) is 44.8 Å². The molecule has 0 unspecified atom stereocenters. The maximum absolute atomic E-state index is 12.9. The number of aromatic nitrogens is 2. The standard InChI is InChI=1S/C18H21N3O3/c1-12-19-17(24-20-12)13-6-8-14(9-7-13)18(22)21-10-11-23-16-5-3-2-4-15(16)21/h6-9,15-16H,2-5,10-11H2,1H3/t15-,16-/m1/s1. The monoisotopic (exact) mass is 327 g/mol. The summed E-state index contributed by atoms with van der Waals surface area (Å²) in [6, 6.07) is 7.62. The number of aryl methyl sites for hydroxylation is 1. The Hall–Kier alpha value is -2.21. The molecule has 2 aromatic rings. The lowest BCUT2D eigenvalue weighted by molar-refractivity contribution is -0.0752. The van der Waals surface area contributed by atoms with E-state index in [1.165, 1.54) is 12.8 Å². The second-order valence-corrected chi connectivity index (χ2v) is 6.48. The van der Waals surface area contributed by atoms with Gasteiger partial charge in [-0.1, -0.05) is 18.0 Å². The highest BCUT2D eigenvalue weighted by atomic mass is 16.5. The fourth-order valence-corrected chi connectivity index (χ4v) is 3.68. The molecule has 2 fully saturated rings. The Bertz CT molecular complexity index is 723. The number of rotatable bonds is 2. The molecule has 0 bridgehead atoms. The molecule has 2 heterocycles. The third-order valence-corrected chi connectivity index (χ3v) is 4.90. The number of ether oxygens (including phenoxy) is 1. The zero-order chi connectivity index (χ0) is 16.5. The van der Waals surface area contributed by atoms with Crippen LogP contribution in [0.3, 0.4) is 0 Å². The lowest BCUT2D eigenvalue weighted by Crippen LogP contribution is -2.54. The number of nitrogens with zero attached hydrogens (tertiary/aromatic N) is 3. The molecule has 1 aromatic heterocycles. The molecule has 0 spiro atoms. The maximum Gasteiger partial charge on any atom is 0.257 e. The van der Waals surface area contributed by atoms with Crippen LogP contribution in [0.4, 0.5) is 0 Å². The van der Waals surface area contributed by atoms with Crippen LogP contribution in [0.5, 0.6) is 0 Å². The van der Waals surface area contributed by atoms with Crippen LogP contribution in [0.1, 0.15) is 41.9 Å². The zero-order valence-electron chi connectivity index (χ0n) is 13.8. The number of carbonyl (C=O) groups is 1. The Morgan fingerprint density at radius 2 is 2.00 bits per heavy atom. The van der Waals surface area contributed by atoms with Gasteiger partial charge in [-0.2, -0.15) is 4.98 Å². The molecule has 6 heteroatoms. The van der Waals surface area contributed by atoms with E-state index < -0.39 is 0 Å². The van der Waals surface area contributed by atoms with Gasteiger partial charge in [-0.25, -0.2) is 0 Å². The molecule has 24 heavy (non-hydrogen) atoms. The van der Waals surface area contributed by atoms with E-state index in [0.29, 0.717) is 30.4 Å². The summed E-state index contributed by atoms with van der Waals surface area (Å²) in [4.78, 5) is 19.1. The SMILES string of the molecule is Cc1noc(-c2ccc(C(=O)N3CCO[C@@H]4CCCC[C@H]43)cc2)n1. The first-order chi connectivity index (χ1) is 11.7. The van der Waals surface area contributed by atoms with Gasteiger partial charge < -0.3 is 14.2 Å². The van der Waals surface area contributed by atoms with Crippen molar-refractivity contribution in [3.05, 3.63) is 35.7 Å². The Morgan fingerprint density at radius 1 is 1.21 bits per heavy atom. The molecule has 4 rings (SSSR count). The molecule has 1 aromatic carbocycles. The van der Waals surface area contributed by atoms with Gasteiger partial charge in [0.1, 0.15) is 0 Å². The number of morpholine rings is 1. The van der Waals surface area contributed by atoms with Crippen LogP contribution < -0.4 is 0 Å². The van der Waals surface area contributed by atoms with Gasteiger partial charge in [0.05, 0.1) is 18.8 Å². The minimum atomic E-state index is 0.0865. The zero-order valence-corrected chi connectivity index (χ0v) is 13.8. The minimum absolute atomic E-state index is 0.0865. The summed E-state index contributed by atoms with van der Waals surface area (Å²) in [6.07, 6.45) is 4.67. The third-order valence-electron chi connectivity index (χ3n) is 4.90. The quantitative estimate of drug-likeness (QED) is 0.848. The van der Waals surface area contributed by atoms with E-state index in [4.69, 9.17) is 9.26 Å². The molecule has 1 aliphatic carbocycles. The molecule has 1 saturated carbocycles. The molecular weight excluding hydrogens is 306 g/mol. The van der Waals surface area contributed by atoms with Gasteiger partial charge in [0.2, 0.25) is 0 Å². The molecule has 1 saturated heterocycles. The van der Waals surface area contributed by atoms with Crippen LogP contribution >= 0.6 is 0 Å². The molecule has 0 radical (unpaired) electrons. The first-order valence-electron chi connectivity index (χ1n) is 8.56. The van der Waals surface area contributed by atoms with Crippen LogP contribution in [-0.2, 0) is 4.74 Å². The average Bonchev–Trinajstić information content (AvgIpc) is 3.07. The van der Waals surface area contributed by atoms with Crippen LogP contribution in [0.2, 0.25) is 0 Å². The van der Waals surface area contributed by atoms with Gasteiger partial charge in [-0.15, -0.1) is 0 Å². The molecular formula is C18H21N3O3. The third kappa shape index (κ3) is 2.82. The highest BCUT2D eigenvalue weighted by Gasteiger charge is 2.36. The Kier molecular flexibility index (Phi) is 4.06. The highest BCUT2D eigenvalue weighted by Crippen LogP contribution is 2.29. The Morgan fingerprint density at radius 3 is 2.75 bits per heavy atom. The molecule has 2 atom stereocenters. The molecule has 6 nitrogen and oxygen atoms in total. The van der Waals surface area contributed by atoms with Gasteiger partial charge in [0.15, 0.2) is 5.82 Å². The number of hydrogen-bond acceptors (Lipinski definition) is 5. The van der Waals surface area contributed by atoms with Crippen LogP contribution in [0, 0.1) is 6.92 Å². The minimum Gasteiger partial charge on any atom is -0.374 e. The smallest absolute Gasteiger partial charge is 0.257 e. The van der Waals surface area contributed by atoms with Gasteiger partial charge in [0, 0.05) is 17.7 Å². The lowest BCUT2D eigenvalue weighted by atomic mass is 9.89. The first kappa shape index (κ1) is 15.3. The van der Waals surface area contributed by atoms with Gasteiger partial charge >= 0.3 is 0 Å². The van der Waals surface area contributed by atoms with E-state index in [2.05, 4.69) is 10.1 Å². The molecule has 126 valence electrons. The number of fused-ring (bicyclic) bond motifs is 1. The Labute approximate surface area is 140 Å². The van der Waals surface area contributed by atoms with Crippen molar-refractivity contribution in [3.63, 3.8) is 0 Å². The van der Waals surface area contributed by atoms with Crippen molar-refractivity contribution >= 4 is 5.91 Å². The molecule has 1 amide bonds. The summed E-state index contributed by atoms with van der Waals surface area (Å²) in [5.41, 5.74) is 1.52. The van der Waals surface area contributed by atoms with Crippen molar-refractivity contribution in [2.24, 2.45) is 0 Å². The maximum atomic E-state index is 12.9. The lowest BCUT2D eigenvalue weighted by Gasteiger charge is -2.43. The fraction of sp³-hybridized carbons (Fsp3) is 0.500. The second kappa shape index (κ2) is 6.36. The van der Waals surface area contributed by atoms with E-state index in [1.807, 2.05) is 29.2 Å². The largest absolute Gasteiger partial charge is 0.374 e. The predicted molar refractivity (Wildman–Crippen MR) is 87.5 cm³/mol. The summed E-state index contributed by atoms with van der Waals surface area (Å²) in [5, 5.41) is 3.79. The second-order valence-electron chi connectivity index (χ2n) is 6.48.